The Hall–Kier alpha value is -0.610. The van der Waals surface area contributed by atoms with Crippen molar-refractivity contribution >= 4 is 5.91 Å². The van der Waals surface area contributed by atoms with E-state index in [0.29, 0.717) is 17.9 Å². The molecule has 2 fully saturated rings. The standard InChI is InChI=1S/C10H19N3O/c1-5(2)8(11)10(14)13-9-6-3-12-4-7(6)9/h5-9,12H,3-4,11H2,1-2H3,(H,13,14). The molecule has 1 saturated heterocycles. The van der Waals surface area contributed by atoms with Crippen LogP contribution in [0.1, 0.15) is 13.8 Å². The van der Waals surface area contributed by atoms with E-state index >= 15 is 0 Å². The summed E-state index contributed by atoms with van der Waals surface area (Å²) in [5, 5.41) is 6.33. The van der Waals surface area contributed by atoms with Gasteiger partial charge in [0.05, 0.1) is 6.04 Å². The average Bonchev–Trinajstić information content (AvgIpc) is 2.63. The second-order valence-corrected chi connectivity index (χ2v) is 4.79. The lowest BCUT2D eigenvalue weighted by atomic mass is 10.1. The lowest BCUT2D eigenvalue weighted by molar-refractivity contribution is -0.123. The first-order chi connectivity index (χ1) is 6.61. The van der Waals surface area contributed by atoms with Gasteiger partial charge < -0.3 is 16.4 Å². The van der Waals surface area contributed by atoms with Crippen molar-refractivity contribution in [2.75, 3.05) is 13.1 Å². The number of nitrogens with one attached hydrogen (secondary N) is 2. The Bertz CT molecular complexity index is 232. The summed E-state index contributed by atoms with van der Waals surface area (Å²) in [5.41, 5.74) is 5.76. The fraction of sp³-hybridized carbons (Fsp3) is 0.900. The molecule has 1 amide bonds. The van der Waals surface area contributed by atoms with Gasteiger partial charge >= 0.3 is 0 Å². The van der Waals surface area contributed by atoms with Crippen molar-refractivity contribution in [1.29, 1.82) is 0 Å². The molecular weight excluding hydrogens is 178 g/mol. The topological polar surface area (TPSA) is 67.2 Å². The summed E-state index contributed by atoms with van der Waals surface area (Å²) in [4.78, 5) is 11.6. The minimum absolute atomic E-state index is 0.0133. The molecule has 0 aromatic heterocycles. The zero-order valence-electron chi connectivity index (χ0n) is 8.79. The molecular formula is C10H19N3O. The molecule has 1 saturated carbocycles. The molecule has 0 spiro atoms. The SMILES string of the molecule is CC(C)C(N)C(=O)NC1C2CNCC21. The van der Waals surface area contributed by atoms with Crippen molar-refractivity contribution in [1.82, 2.24) is 10.6 Å². The third-order valence-electron chi connectivity index (χ3n) is 3.42. The van der Waals surface area contributed by atoms with E-state index < -0.39 is 0 Å². The summed E-state index contributed by atoms with van der Waals surface area (Å²) in [5.74, 6) is 1.56. The summed E-state index contributed by atoms with van der Waals surface area (Å²) >= 11 is 0. The van der Waals surface area contributed by atoms with Gasteiger partial charge in [0.25, 0.3) is 0 Å². The monoisotopic (exact) mass is 197 g/mol. The lowest BCUT2D eigenvalue weighted by Crippen LogP contribution is -2.46. The van der Waals surface area contributed by atoms with E-state index in [1.54, 1.807) is 0 Å². The normalized spacial score (nSPS) is 36.7. The minimum Gasteiger partial charge on any atom is -0.351 e. The van der Waals surface area contributed by atoms with Gasteiger partial charge in [0.1, 0.15) is 0 Å². The van der Waals surface area contributed by atoms with Crippen LogP contribution < -0.4 is 16.4 Å². The number of carbonyl (C=O) groups excluding carboxylic acids is 1. The van der Waals surface area contributed by atoms with Crippen LogP contribution in [0.5, 0.6) is 0 Å². The zero-order chi connectivity index (χ0) is 10.3. The maximum absolute atomic E-state index is 11.6. The Morgan fingerprint density at radius 2 is 2.00 bits per heavy atom. The van der Waals surface area contributed by atoms with E-state index in [0.717, 1.165) is 13.1 Å². The minimum atomic E-state index is -0.357. The van der Waals surface area contributed by atoms with E-state index in [1.807, 2.05) is 13.8 Å². The predicted octanol–water partition coefficient (Wildman–Crippen LogP) is -0.696. The molecule has 3 atom stereocenters. The van der Waals surface area contributed by atoms with Crippen molar-refractivity contribution < 1.29 is 4.79 Å². The number of nitrogens with two attached hydrogens (primary N) is 1. The van der Waals surface area contributed by atoms with Crippen LogP contribution in [0.3, 0.4) is 0 Å². The van der Waals surface area contributed by atoms with Gasteiger partial charge in [-0.3, -0.25) is 4.79 Å². The highest BCUT2D eigenvalue weighted by molar-refractivity contribution is 5.82. The van der Waals surface area contributed by atoms with Gasteiger partial charge in [-0.1, -0.05) is 13.8 Å². The molecule has 1 heterocycles. The van der Waals surface area contributed by atoms with Crippen molar-refractivity contribution in [2.24, 2.45) is 23.5 Å². The number of rotatable bonds is 3. The van der Waals surface area contributed by atoms with E-state index in [4.69, 9.17) is 5.73 Å². The van der Waals surface area contributed by atoms with Crippen molar-refractivity contribution in [3.05, 3.63) is 0 Å². The second kappa shape index (κ2) is 3.51. The van der Waals surface area contributed by atoms with Crippen LogP contribution in [0.2, 0.25) is 0 Å². The second-order valence-electron chi connectivity index (χ2n) is 4.79. The molecule has 0 aromatic carbocycles. The largest absolute Gasteiger partial charge is 0.351 e. The first-order valence-corrected chi connectivity index (χ1v) is 5.38. The van der Waals surface area contributed by atoms with Crippen molar-refractivity contribution in [3.8, 4) is 0 Å². The van der Waals surface area contributed by atoms with Gasteiger partial charge in [0, 0.05) is 19.1 Å². The molecule has 2 aliphatic rings. The van der Waals surface area contributed by atoms with Crippen LogP contribution >= 0.6 is 0 Å². The predicted molar refractivity (Wildman–Crippen MR) is 54.6 cm³/mol. The zero-order valence-corrected chi connectivity index (χ0v) is 8.79. The van der Waals surface area contributed by atoms with E-state index in [2.05, 4.69) is 10.6 Å². The first kappa shape index (κ1) is 9.93. The van der Waals surface area contributed by atoms with Crippen LogP contribution in [0, 0.1) is 17.8 Å². The highest BCUT2D eigenvalue weighted by Crippen LogP contribution is 2.41. The van der Waals surface area contributed by atoms with Crippen molar-refractivity contribution in [2.45, 2.75) is 25.9 Å². The molecule has 3 unspecified atom stereocenters. The van der Waals surface area contributed by atoms with Gasteiger partial charge in [-0.05, 0) is 17.8 Å². The van der Waals surface area contributed by atoms with E-state index in [9.17, 15) is 4.79 Å². The molecule has 2 rings (SSSR count). The molecule has 4 heteroatoms. The number of hydrogen-bond acceptors (Lipinski definition) is 3. The Kier molecular flexibility index (Phi) is 2.49. The Balaban J connectivity index is 1.79. The molecule has 80 valence electrons. The molecule has 0 aromatic rings. The number of carbonyl (C=O) groups is 1. The Labute approximate surface area is 84.6 Å². The highest BCUT2D eigenvalue weighted by Gasteiger charge is 2.53. The van der Waals surface area contributed by atoms with E-state index in [-0.39, 0.29) is 17.9 Å². The number of fused-ring (bicyclic) bond motifs is 1. The van der Waals surface area contributed by atoms with Crippen LogP contribution in [-0.4, -0.2) is 31.1 Å². The molecule has 14 heavy (non-hydrogen) atoms. The van der Waals surface area contributed by atoms with E-state index in [1.165, 1.54) is 0 Å². The first-order valence-electron chi connectivity index (χ1n) is 5.38. The van der Waals surface area contributed by atoms with Gasteiger partial charge in [-0.2, -0.15) is 0 Å². The van der Waals surface area contributed by atoms with Crippen LogP contribution in [-0.2, 0) is 4.79 Å². The molecule has 4 nitrogen and oxygen atoms in total. The van der Waals surface area contributed by atoms with Gasteiger partial charge in [-0.15, -0.1) is 0 Å². The fourth-order valence-electron chi connectivity index (χ4n) is 2.20. The maximum Gasteiger partial charge on any atom is 0.237 e. The maximum atomic E-state index is 11.6. The summed E-state index contributed by atoms with van der Waals surface area (Å²) in [6.45, 7) is 6.04. The van der Waals surface area contributed by atoms with Crippen LogP contribution in [0.15, 0.2) is 0 Å². The number of amides is 1. The summed E-state index contributed by atoms with van der Waals surface area (Å²) in [7, 11) is 0. The number of piperidine rings is 1. The third-order valence-corrected chi connectivity index (χ3v) is 3.42. The Morgan fingerprint density at radius 1 is 1.43 bits per heavy atom. The molecule has 1 aliphatic carbocycles. The lowest BCUT2D eigenvalue weighted by Gasteiger charge is -2.16. The van der Waals surface area contributed by atoms with Gasteiger partial charge in [0.2, 0.25) is 5.91 Å². The average molecular weight is 197 g/mol. The van der Waals surface area contributed by atoms with Gasteiger partial charge in [0.15, 0.2) is 0 Å². The highest BCUT2D eigenvalue weighted by atomic mass is 16.2. The summed E-state index contributed by atoms with van der Waals surface area (Å²) in [6, 6.07) is 0.0397. The third kappa shape index (κ3) is 1.64. The van der Waals surface area contributed by atoms with Crippen LogP contribution in [0.4, 0.5) is 0 Å². The molecule has 0 bridgehead atoms. The van der Waals surface area contributed by atoms with Crippen LogP contribution in [0.25, 0.3) is 0 Å². The molecule has 1 aliphatic heterocycles. The quantitative estimate of drug-likeness (QED) is 0.560. The fourth-order valence-corrected chi connectivity index (χ4v) is 2.20. The summed E-state index contributed by atoms with van der Waals surface area (Å²) in [6.07, 6.45) is 0. The molecule has 4 N–H and O–H groups in total. The molecule has 0 radical (unpaired) electrons. The van der Waals surface area contributed by atoms with Crippen molar-refractivity contribution in [3.63, 3.8) is 0 Å². The summed E-state index contributed by atoms with van der Waals surface area (Å²) < 4.78 is 0. The Morgan fingerprint density at radius 3 is 2.50 bits per heavy atom. The smallest absolute Gasteiger partial charge is 0.237 e. The number of hydrogen-bond donors (Lipinski definition) is 3. The van der Waals surface area contributed by atoms with Gasteiger partial charge in [-0.25, -0.2) is 0 Å².